The van der Waals surface area contributed by atoms with Crippen molar-refractivity contribution >= 4 is 45.4 Å². The number of carbonyl (C=O) groups is 1. The molecule has 1 saturated heterocycles. The van der Waals surface area contributed by atoms with Crippen LogP contribution in [0.15, 0.2) is 23.6 Å². The fourth-order valence-electron chi connectivity index (χ4n) is 2.72. The highest BCUT2D eigenvalue weighted by Gasteiger charge is 2.24. The number of alkyl halides is 1. The molecule has 1 fully saturated rings. The Morgan fingerprint density at radius 1 is 1.38 bits per heavy atom. The van der Waals surface area contributed by atoms with Gasteiger partial charge in [0.05, 0.1) is 16.5 Å². The van der Waals surface area contributed by atoms with Gasteiger partial charge in [-0.05, 0) is 19.2 Å². The van der Waals surface area contributed by atoms with Crippen molar-refractivity contribution in [3.63, 3.8) is 0 Å². The Hall–Kier alpha value is -2.23. The Morgan fingerprint density at radius 2 is 2.12 bits per heavy atom. The number of aromatic nitrogens is 1. The van der Waals surface area contributed by atoms with E-state index in [1.165, 1.54) is 17.4 Å². The van der Waals surface area contributed by atoms with Crippen LogP contribution >= 0.6 is 22.9 Å². The van der Waals surface area contributed by atoms with Crippen LogP contribution in [0.25, 0.3) is 0 Å². The molecule has 8 nitrogen and oxygen atoms in total. The molecule has 0 atom stereocenters. The van der Waals surface area contributed by atoms with Crippen molar-refractivity contribution in [3.05, 3.63) is 45.0 Å². The molecule has 26 heavy (non-hydrogen) atoms. The molecule has 1 aromatic carbocycles. The first kappa shape index (κ1) is 18.6. The summed E-state index contributed by atoms with van der Waals surface area (Å²) in [5, 5.41) is 16.3. The number of nitro benzene ring substituents is 1. The monoisotopic (exact) mass is 395 g/mol. The van der Waals surface area contributed by atoms with Gasteiger partial charge in [0.25, 0.3) is 11.6 Å². The lowest BCUT2D eigenvalue weighted by Gasteiger charge is -2.33. The number of amides is 1. The van der Waals surface area contributed by atoms with Crippen molar-refractivity contribution in [2.45, 2.75) is 5.88 Å². The maximum atomic E-state index is 12.4. The second kappa shape index (κ2) is 7.98. The summed E-state index contributed by atoms with van der Waals surface area (Å²) in [4.78, 5) is 31.8. The van der Waals surface area contributed by atoms with E-state index in [1.54, 1.807) is 17.5 Å². The van der Waals surface area contributed by atoms with Gasteiger partial charge in [0.2, 0.25) is 0 Å². The van der Waals surface area contributed by atoms with Gasteiger partial charge in [-0.3, -0.25) is 20.2 Å². The SMILES string of the molecule is CN1CCN(c2ccc(C(=O)Nc3nc(CCl)cs3)cc2[N+](=O)[O-])CC1. The zero-order valence-corrected chi connectivity index (χ0v) is 15.7. The van der Waals surface area contributed by atoms with Gasteiger partial charge in [0, 0.05) is 43.2 Å². The van der Waals surface area contributed by atoms with E-state index >= 15 is 0 Å². The predicted molar refractivity (Wildman–Crippen MR) is 102 cm³/mol. The van der Waals surface area contributed by atoms with Crippen molar-refractivity contribution < 1.29 is 9.72 Å². The second-order valence-electron chi connectivity index (χ2n) is 5.98. The highest BCUT2D eigenvalue weighted by molar-refractivity contribution is 7.14. The number of benzene rings is 1. The van der Waals surface area contributed by atoms with Crippen molar-refractivity contribution in [3.8, 4) is 0 Å². The number of nitro groups is 1. The van der Waals surface area contributed by atoms with Gasteiger partial charge in [-0.2, -0.15) is 0 Å². The average Bonchev–Trinajstić information content (AvgIpc) is 3.09. The van der Waals surface area contributed by atoms with Crippen LogP contribution in [-0.2, 0) is 5.88 Å². The maximum absolute atomic E-state index is 12.4. The summed E-state index contributed by atoms with van der Waals surface area (Å²) < 4.78 is 0. The number of carbonyl (C=O) groups excluding carboxylic acids is 1. The first-order valence-electron chi connectivity index (χ1n) is 8.01. The molecule has 0 spiro atoms. The average molecular weight is 396 g/mol. The Labute approximate surface area is 159 Å². The molecule has 0 bridgehead atoms. The van der Waals surface area contributed by atoms with Gasteiger partial charge in [-0.1, -0.05) is 0 Å². The van der Waals surface area contributed by atoms with E-state index in [9.17, 15) is 14.9 Å². The van der Waals surface area contributed by atoms with Crippen molar-refractivity contribution in [2.24, 2.45) is 0 Å². The molecule has 10 heteroatoms. The number of thiazole rings is 1. The molecule has 138 valence electrons. The Balaban J connectivity index is 1.81. The van der Waals surface area contributed by atoms with Crippen LogP contribution in [0, 0.1) is 10.1 Å². The third-order valence-corrected chi connectivity index (χ3v) is 5.27. The van der Waals surface area contributed by atoms with Crippen molar-refractivity contribution in [1.82, 2.24) is 9.88 Å². The van der Waals surface area contributed by atoms with E-state index in [2.05, 4.69) is 15.2 Å². The molecule has 2 heterocycles. The summed E-state index contributed by atoms with van der Waals surface area (Å²) in [7, 11) is 2.02. The number of rotatable bonds is 5. The van der Waals surface area contributed by atoms with E-state index < -0.39 is 10.8 Å². The zero-order chi connectivity index (χ0) is 18.7. The van der Waals surface area contributed by atoms with E-state index in [0.717, 1.165) is 13.1 Å². The number of hydrogen-bond acceptors (Lipinski definition) is 7. The fourth-order valence-corrected chi connectivity index (χ4v) is 3.65. The standard InChI is InChI=1S/C16H18ClN5O3S/c1-20-4-6-21(7-5-20)13-3-2-11(8-14(13)22(24)25)15(23)19-16-18-12(9-17)10-26-16/h2-3,8,10H,4-7,9H2,1H3,(H,18,19,23). The molecule has 2 aromatic rings. The summed E-state index contributed by atoms with van der Waals surface area (Å²) in [6.07, 6.45) is 0. The van der Waals surface area contributed by atoms with Gasteiger partial charge in [0.1, 0.15) is 5.69 Å². The summed E-state index contributed by atoms with van der Waals surface area (Å²) in [6.45, 7) is 3.10. The van der Waals surface area contributed by atoms with Gasteiger partial charge >= 0.3 is 0 Å². The van der Waals surface area contributed by atoms with Crippen LogP contribution in [-0.4, -0.2) is 53.9 Å². The maximum Gasteiger partial charge on any atom is 0.293 e. The fraction of sp³-hybridized carbons (Fsp3) is 0.375. The zero-order valence-electron chi connectivity index (χ0n) is 14.1. The minimum Gasteiger partial charge on any atom is -0.363 e. The van der Waals surface area contributed by atoms with E-state index in [4.69, 9.17) is 11.6 Å². The quantitative estimate of drug-likeness (QED) is 0.475. The van der Waals surface area contributed by atoms with Gasteiger partial charge < -0.3 is 9.80 Å². The highest BCUT2D eigenvalue weighted by Crippen LogP contribution is 2.30. The third kappa shape index (κ3) is 4.12. The Morgan fingerprint density at radius 3 is 2.73 bits per heavy atom. The van der Waals surface area contributed by atoms with E-state index in [0.29, 0.717) is 29.6 Å². The second-order valence-corrected chi connectivity index (χ2v) is 7.11. The van der Waals surface area contributed by atoms with Crippen LogP contribution in [0.4, 0.5) is 16.5 Å². The molecule has 1 aliphatic heterocycles. The van der Waals surface area contributed by atoms with E-state index in [-0.39, 0.29) is 17.1 Å². The lowest BCUT2D eigenvalue weighted by Crippen LogP contribution is -2.44. The van der Waals surface area contributed by atoms with E-state index in [1.807, 2.05) is 11.9 Å². The van der Waals surface area contributed by atoms with Crippen LogP contribution in [0.3, 0.4) is 0 Å². The Kier molecular flexibility index (Phi) is 5.70. The number of anilines is 2. The molecule has 3 rings (SSSR count). The topological polar surface area (TPSA) is 91.6 Å². The largest absolute Gasteiger partial charge is 0.363 e. The summed E-state index contributed by atoms with van der Waals surface area (Å²) in [5.74, 6) is -0.175. The smallest absolute Gasteiger partial charge is 0.293 e. The van der Waals surface area contributed by atoms with Crippen molar-refractivity contribution in [1.29, 1.82) is 0 Å². The molecule has 1 aromatic heterocycles. The normalized spacial score (nSPS) is 15.1. The molecule has 1 amide bonds. The third-order valence-electron chi connectivity index (χ3n) is 4.19. The van der Waals surface area contributed by atoms with Gasteiger partial charge in [-0.15, -0.1) is 22.9 Å². The first-order valence-corrected chi connectivity index (χ1v) is 9.43. The number of nitrogens with zero attached hydrogens (tertiary/aromatic N) is 4. The molecule has 0 radical (unpaired) electrons. The van der Waals surface area contributed by atoms with Crippen LogP contribution in [0.1, 0.15) is 16.1 Å². The van der Waals surface area contributed by atoms with Crippen LogP contribution < -0.4 is 10.2 Å². The first-order chi connectivity index (χ1) is 12.5. The molecule has 0 saturated carbocycles. The molecule has 1 N–H and O–H groups in total. The highest BCUT2D eigenvalue weighted by atomic mass is 35.5. The van der Waals surface area contributed by atoms with Crippen LogP contribution in [0.5, 0.6) is 0 Å². The predicted octanol–water partition coefficient (Wildman–Crippen LogP) is 2.79. The molecular formula is C16H18ClN5O3S. The van der Waals surface area contributed by atoms with Gasteiger partial charge in [0.15, 0.2) is 5.13 Å². The summed E-state index contributed by atoms with van der Waals surface area (Å²) in [6, 6.07) is 4.56. The minimum absolute atomic E-state index is 0.0669. The lowest BCUT2D eigenvalue weighted by atomic mass is 10.1. The van der Waals surface area contributed by atoms with Crippen LogP contribution in [0.2, 0.25) is 0 Å². The number of likely N-dealkylation sites (N-methyl/N-ethyl adjacent to an activating group) is 1. The number of nitrogens with one attached hydrogen (secondary N) is 1. The molecule has 0 unspecified atom stereocenters. The number of hydrogen-bond donors (Lipinski definition) is 1. The summed E-state index contributed by atoms with van der Waals surface area (Å²) >= 11 is 6.96. The van der Waals surface area contributed by atoms with Gasteiger partial charge in [-0.25, -0.2) is 4.98 Å². The molecule has 0 aliphatic carbocycles. The summed E-state index contributed by atoms with van der Waals surface area (Å²) in [5.41, 5.74) is 1.36. The van der Waals surface area contributed by atoms with Crippen molar-refractivity contribution in [2.75, 3.05) is 43.4 Å². The minimum atomic E-state index is -0.445. The Bertz CT molecular complexity index is 820. The number of piperazine rings is 1. The molecule has 1 aliphatic rings. The lowest BCUT2D eigenvalue weighted by molar-refractivity contribution is -0.384. The number of halogens is 1. The molecular weight excluding hydrogens is 378 g/mol.